The van der Waals surface area contributed by atoms with Crippen LogP contribution in [0.4, 0.5) is 0 Å². The van der Waals surface area contributed by atoms with E-state index in [9.17, 15) is 0 Å². The summed E-state index contributed by atoms with van der Waals surface area (Å²) in [5.74, 6) is 0.987. The molecule has 15 heavy (non-hydrogen) atoms. The number of nitrogens with two attached hydrogens (primary N) is 1. The summed E-state index contributed by atoms with van der Waals surface area (Å²) in [5, 5.41) is 0.575. The van der Waals surface area contributed by atoms with E-state index < -0.39 is 0 Å². The standard InChI is InChI=1S/C11H14ClN3/c1-8-4-6-15-9(7-8)11(12)14-10(15)3-2-5-13/h4,6-7H,2-3,5,13H2,1H3. The second-order valence-electron chi connectivity index (χ2n) is 3.67. The van der Waals surface area contributed by atoms with Gasteiger partial charge in [0.2, 0.25) is 0 Å². The Kier molecular flexibility index (Phi) is 2.93. The van der Waals surface area contributed by atoms with Crippen LogP contribution in [-0.4, -0.2) is 15.9 Å². The number of imidazole rings is 1. The third-order valence-corrected chi connectivity index (χ3v) is 2.71. The number of aryl methyl sites for hydroxylation is 2. The Balaban J connectivity index is 2.48. The van der Waals surface area contributed by atoms with Gasteiger partial charge < -0.3 is 10.1 Å². The monoisotopic (exact) mass is 223 g/mol. The number of pyridine rings is 1. The molecule has 4 heteroatoms. The van der Waals surface area contributed by atoms with E-state index in [4.69, 9.17) is 17.3 Å². The highest BCUT2D eigenvalue weighted by molar-refractivity contribution is 6.32. The Labute approximate surface area is 93.9 Å². The fraction of sp³-hybridized carbons (Fsp3) is 0.364. The molecule has 0 atom stereocenters. The molecule has 2 aromatic rings. The maximum atomic E-state index is 6.07. The molecule has 0 aliphatic carbocycles. The van der Waals surface area contributed by atoms with Crippen LogP contribution >= 0.6 is 11.6 Å². The molecule has 0 amide bonds. The third kappa shape index (κ3) is 1.98. The minimum absolute atomic E-state index is 0.575. The van der Waals surface area contributed by atoms with Crippen molar-refractivity contribution in [2.24, 2.45) is 5.73 Å². The number of hydrogen-bond acceptors (Lipinski definition) is 2. The maximum Gasteiger partial charge on any atom is 0.155 e. The first-order chi connectivity index (χ1) is 7.22. The van der Waals surface area contributed by atoms with Gasteiger partial charge in [-0.25, -0.2) is 4.98 Å². The molecule has 2 N–H and O–H groups in total. The Morgan fingerprint density at radius 2 is 2.33 bits per heavy atom. The largest absolute Gasteiger partial charge is 0.330 e. The van der Waals surface area contributed by atoms with E-state index >= 15 is 0 Å². The van der Waals surface area contributed by atoms with Crippen LogP contribution in [0.25, 0.3) is 5.52 Å². The molecule has 2 rings (SSSR count). The summed E-state index contributed by atoms with van der Waals surface area (Å²) < 4.78 is 2.03. The second-order valence-corrected chi connectivity index (χ2v) is 4.03. The van der Waals surface area contributed by atoms with Gasteiger partial charge in [-0.1, -0.05) is 11.6 Å². The van der Waals surface area contributed by atoms with Gasteiger partial charge in [-0.05, 0) is 37.6 Å². The van der Waals surface area contributed by atoms with Crippen LogP contribution < -0.4 is 5.73 Å². The molecule has 0 unspecified atom stereocenters. The summed E-state index contributed by atoms with van der Waals surface area (Å²) in [5.41, 5.74) is 7.65. The van der Waals surface area contributed by atoms with Gasteiger partial charge in [-0.15, -0.1) is 0 Å². The SMILES string of the molecule is Cc1ccn2c(CCCN)nc(Cl)c2c1. The first-order valence-electron chi connectivity index (χ1n) is 5.05. The number of fused-ring (bicyclic) bond motifs is 1. The average molecular weight is 224 g/mol. The Bertz CT molecular complexity index is 476. The van der Waals surface area contributed by atoms with Crippen molar-refractivity contribution in [3.63, 3.8) is 0 Å². The third-order valence-electron chi connectivity index (χ3n) is 2.43. The van der Waals surface area contributed by atoms with Crippen LogP contribution in [0.5, 0.6) is 0 Å². The zero-order valence-corrected chi connectivity index (χ0v) is 9.46. The summed E-state index contributed by atoms with van der Waals surface area (Å²) in [6.45, 7) is 2.72. The van der Waals surface area contributed by atoms with Gasteiger partial charge in [0.05, 0.1) is 5.52 Å². The van der Waals surface area contributed by atoms with Gasteiger partial charge >= 0.3 is 0 Å². The smallest absolute Gasteiger partial charge is 0.155 e. The van der Waals surface area contributed by atoms with Crippen molar-refractivity contribution >= 4 is 17.1 Å². The molecule has 2 aromatic heterocycles. The molecule has 80 valence electrons. The Hall–Kier alpha value is -1.06. The van der Waals surface area contributed by atoms with Crippen LogP contribution in [0, 0.1) is 6.92 Å². The van der Waals surface area contributed by atoms with Crippen molar-refractivity contribution in [2.75, 3.05) is 6.54 Å². The van der Waals surface area contributed by atoms with Gasteiger partial charge in [-0.3, -0.25) is 0 Å². The lowest BCUT2D eigenvalue weighted by molar-refractivity contribution is 0.778. The maximum absolute atomic E-state index is 6.07. The van der Waals surface area contributed by atoms with Crippen molar-refractivity contribution in [3.05, 3.63) is 34.9 Å². The van der Waals surface area contributed by atoms with Crippen molar-refractivity contribution in [2.45, 2.75) is 19.8 Å². The van der Waals surface area contributed by atoms with Gasteiger partial charge in [0.1, 0.15) is 5.82 Å². The number of rotatable bonds is 3. The summed E-state index contributed by atoms with van der Waals surface area (Å²) in [6.07, 6.45) is 3.81. The second kappa shape index (κ2) is 4.21. The number of nitrogens with zero attached hydrogens (tertiary/aromatic N) is 2. The number of aromatic nitrogens is 2. The molecule has 0 aliphatic rings. The van der Waals surface area contributed by atoms with E-state index in [0.29, 0.717) is 11.7 Å². The molecule has 3 nitrogen and oxygen atoms in total. The molecule has 0 aliphatic heterocycles. The predicted molar refractivity (Wildman–Crippen MR) is 62.3 cm³/mol. The lowest BCUT2D eigenvalue weighted by Crippen LogP contribution is -2.03. The minimum Gasteiger partial charge on any atom is -0.330 e. The molecule has 0 bridgehead atoms. The summed E-state index contributed by atoms with van der Waals surface area (Å²) in [6, 6.07) is 4.10. The zero-order valence-electron chi connectivity index (χ0n) is 8.70. The number of halogens is 1. The van der Waals surface area contributed by atoms with Crippen molar-refractivity contribution < 1.29 is 0 Å². The molecule has 0 spiro atoms. The number of hydrogen-bond donors (Lipinski definition) is 1. The van der Waals surface area contributed by atoms with E-state index in [1.807, 2.05) is 23.6 Å². The van der Waals surface area contributed by atoms with Crippen LogP contribution in [0.2, 0.25) is 5.15 Å². The average Bonchev–Trinajstić information content (AvgIpc) is 2.53. The Morgan fingerprint density at radius 3 is 3.07 bits per heavy atom. The van der Waals surface area contributed by atoms with Crippen LogP contribution in [0.15, 0.2) is 18.3 Å². The van der Waals surface area contributed by atoms with E-state index in [2.05, 4.69) is 11.1 Å². The molecule has 0 saturated heterocycles. The molecular weight excluding hydrogens is 210 g/mol. The molecule has 0 fully saturated rings. The molecule has 2 heterocycles. The molecule has 0 aromatic carbocycles. The lowest BCUT2D eigenvalue weighted by atomic mass is 10.2. The minimum atomic E-state index is 0.575. The van der Waals surface area contributed by atoms with E-state index in [0.717, 1.165) is 24.2 Å². The summed E-state index contributed by atoms with van der Waals surface area (Å²) >= 11 is 6.07. The zero-order chi connectivity index (χ0) is 10.8. The van der Waals surface area contributed by atoms with E-state index in [1.54, 1.807) is 0 Å². The molecular formula is C11H14ClN3. The summed E-state index contributed by atoms with van der Waals surface area (Å²) in [4.78, 5) is 4.34. The molecule has 0 saturated carbocycles. The van der Waals surface area contributed by atoms with E-state index in [1.165, 1.54) is 5.56 Å². The van der Waals surface area contributed by atoms with Crippen molar-refractivity contribution in [1.82, 2.24) is 9.38 Å². The fourth-order valence-corrected chi connectivity index (χ4v) is 1.89. The van der Waals surface area contributed by atoms with Gasteiger partial charge in [0.15, 0.2) is 5.15 Å². The van der Waals surface area contributed by atoms with Crippen molar-refractivity contribution in [1.29, 1.82) is 0 Å². The molecule has 0 radical (unpaired) electrons. The normalized spacial score (nSPS) is 11.1. The highest BCUT2D eigenvalue weighted by Gasteiger charge is 2.08. The van der Waals surface area contributed by atoms with Crippen molar-refractivity contribution in [3.8, 4) is 0 Å². The topological polar surface area (TPSA) is 43.3 Å². The van der Waals surface area contributed by atoms with Crippen LogP contribution in [0.1, 0.15) is 17.8 Å². The highest BCUT2D eigenvalue weighted by atomic mass is 35.5. The van der Waals surface area contributed by atoms with Gasteiger partial charge in [0.25, 0.3) is 0 Å². The van der Waals surface area contributed by atoms with Gasteiger partial charge in [0, 0.05) is 12.6 Å². The van der Waals surface area contributed by atoms with Gasteiger partial charge in [-0.2, -0.15) is 0 Å². The quantitative estimate of drug-likeness (QED) is 0.867. The first-order valence-corrected chi connectivity index (χ1v) is 5.43. The van der Waals surface area contributed by atoms with Crippen LogP contribution in [-0.2, 0) is 6.42 Å². The summed E-state index contributed by atoms with van der Waals surface area (Å²) in [7, 11) is 0. The van der Waals surface area contributed by atoms with E-state index in [-0.39, 0.29) is 0 Å². The van der Waals surface area contributed by atoms with Crippen LogP contribution in [0.3, 0.4) is 0 Å². The first kappa shape index (κ1) is 10.5. The fourth-order valence-electron chi connectivity index (χ4n) is 1.65. The Morgan fingerprint density at radius 1 is 1.53 bits per heavy atom. The lowest BCUT2D eigenvalue weighted by Gasteiger charge is -2.00. The highest BCUT2D eigenvalue weighted by Crippen LogP contribution is 2.19. The predicted octanol–water partition coefficient (Wildman–Crippen LogP) is 2.19.